The lowest BCUT2D eigenvalue weighted by molar-refractivity contribution is 0.0601. The third-order valence-corrected chi connectivity index (χ3v) is 3.82. The minimum Gasteiger partial charge on any atom is -0.493 e. The van der Waals surface area contributed by atoms with E-state index in [2.05, 4.69) is 20.6 Å². The van der Waals surface area contributed by atoms with E-state index in [1.165, 1.54) is 14.2 Å². The summed E-state index contributed by atoms with van der Waals surface area (Å²) in [5.74, 6) is 1.15. The van der Waals surface area contributed by atoms with Crippen LogP contribution in [0.15, 0.2) is 41.5 Å². The Hall–Kier alpha value is -3.33. The molecule has 0 atom stereocenters. The van der Waals surface area contributed by atoms with E-state index in [0.717, 1.165) is 5.56 Å². The summed E-state index contributed by atoms with van der Waals surface area (Å²) in [7, 11) is 5.96. The lowest BCUT2D eigenvalue weighted by atomic mass is 10.2. The van der Waals surface area contributed by atoms with E-state index in [1.54, 1.807) is 56.8 Å². The number of hydrogen-bond donors (Lipinski definition) is 2. The molecule has 0 amide bonds. The Morgan fingerprint density at radius 1 is 1.00 bits per heavy atom. The SMILES string of the molecule is COC(=O)c1ccc(NC(=S)N/N=C/c2cc(OC)c(OC)c(OC)c2)cc1. The first-order chi connectivity index (χ1) is 13.5. The molecular weight excluding hydrogens is 382 g/mol. The largest absolute Gasteiger partial charge is 0.493 e. The van der Waals surface area contributed by atoms with Crippen molar-refractivity contribution >= 4 is 35.2 Å². The molecule has 0 aliphatic carbocycles. The van der Waals surface area contributed by atoms with Crippen molar-refractivity contribution in [2.75, 3.05) is 33.8 Å². The van der Waals surface area contributed by atoms with E-state index in [1.807, 2.05) is 0 Å². The first-order valence-corrected chi connectivity index (χ1v) is 8.51. The highest BCUT2D eigenvalue weighted by Crippen LogP contribution is 2.37. The van der Waals surface area contributed by atoms with Gasteiger partial charge in [0.25, 0.3) is 0 Å². The van der Waals surface area contributed by atoms with Gasteiger partial charge in [-0.3, -0.25) is 5.43 Å². The smallest absolute Gasteiger partial charge is 0.337 e. The van der Waals surface area contributed by atoms with Gasteiger partial charge in [0.15, 0.2) is 16.6 Å². The molecule has 9 heteroatoms. The number of hydrazone groups is 1. The summed E-state index contributed by atoms with van der Waals surface area (Å²) in [6.07, 6.45) is 1.57. The lowest BCUT2D eigenvalue weighted by Gasteiger charge is -2.12. The molecule has 0 heterocycles. The van der Waals surface area contributed by atoms with Crippen molar-refractivity contribution in [1.29, 1.82) is 0 Å². The molecule has 2 aromatic carbocycles. The number of carbonyl (C=O) groups is 1. The van der Waals surface area contributed by atoms with Gasteiger partial charge in [-0.15, -0.1) is 0 Å². The van der Waals surface area contributed by atoms with Gasteiger partial charge in [0.05, 0.1) is 40.2 Å². The normalized spacial score (nSPS) is 10.3. The molecular formula is C19H21N3O5S. The van der Waals surface area contributed by atoms with E-state index in [4.69, 9.17) is 26.4 Å². The lowest BCUT2D eigenvalue weighted by Crippen LogP contribution is -2.23. The second-order valence-corrected chi connectivity index (χ2v) is 5.76. The highest BCUT2D eigenvalue weighted by molar-refractivity contribution is 7.80. The maximum Gasteiger partial charge on any atom is 0.337 e. The molecule has 0 aromatic heterocycles. The highest BCUT2D eigenvalue weighted by Gasteiger charge is 2.12. The number of nitrogens with zero attached hydrogens (tertiary/aromatic N) is 1. The van der Waals surface area contributed by atoms with Crippen molar-refractivity contribution in [3.63, 3.8) is 0 Å². The van der Waals surface area contributed by atoms with Gasteiger partial charge in [0.1, 0.15) is 0 Å². The van der Waals surface area contributed by atoms with Crippen molar-refractivity contribution in [3.8, 4) is 17.2 Å². The van der Waals surface area contributed by atoms with Crippen LogP contribution in [0.2, 0.25) is 0 Å². The molecule has 0 bridgehead atoms. The predicted molar refractivity (Wildman–Crippen MR) is 111 cm³/mol. The average Bonchev–Trinajstić information content (AvgIpc) is 2.72. The third kappa shape index (κ3) is 5.34. The fraction of sp³-hybridized carbons (Fsp3) is 0.211. The van der Waals surface area contributed by atoms with Gasteiger partial charge in [0, 0.05) is 11.3 Å². The van der Waals surface area contributed by atoms with Crippen LogP contribution in [0.3, 0.4) is 0 Å². The topological polar surface area (TPSA) is 90.4 Å². The van der Waals surface area contributed by atoms with E-state index in [-0.39, 0.29) is 5.11 Å². The minimum absolute atomic E-state index is 0.287. The van der Waals surface area contributed by atoms with Crippen LogP contribution >= 0.6 is 12.2 Å². The van der Waals surface area contributed by atoms with Gasteiger partial charge < -0.3 is 24.3 Å². The number of ether oxygens (including phenoxy) is 4. The fourth-order valence-corrected chi connectivity index (χ4v) is 2.48. The summed E-state index contributed by atoms with van der Waals surface area (Å²) >= 11 is 5.20. The number of rotatable bonds is 7. The van der Waals surface area contributed by atoms with Gasteiger partial charge in [0.2, 0.25) is 5.75 Å². The van der Waals surface area contributed by atoms with Gasteiger partial charge >= 0.3 is 5.97 Å². The van der Waals surface area contributed by atoms with Crippen molar-refractivity contribution in [2.45, 2.75) is 0 Å². The van der Waals surface area contributed by atoms with Crippen LogP contribution in [0, 0.1) is 0 Å². The summed E-state index contributed by atoms with van der Waals surface area (Å²) < 4.78 is 20.5. The number of carbonyl (C=O) groups excluding carboxylic acids is 1. The number of nitrogens with one attached hydrogen (secondary N) is 2. The second-order valence-electron chi connectivity index (χ2n) is 5.35. The number of thiocarbonyl (C=S) groups is 1. The third-order valence-electron chi connectivity index (χ3n) is 3.63. The Balaban J connectivity index is 2.00. The highest BCUT2D eigenvalue weighted by atomic mass is 32.1. The first kappa shape index (κ1) is 21.0. The van der Waals surface area contributed by atoms with Crippen molar-refractivity contribution < 1.29 is 23.7 Å². The Morgan fingerprint density at radius 3 is 2.11 bits per heavy atom. The quantitative estimate of drug-likeness (QED) is 0.316. The molecule has 2 aromatic rings. The zero-order valence-corrected chi connectivity index (χ0v) is 16.8. The molecule has 148 valence electrons. The van der Waals surface area contributed by atoms with Crippen LogP contribution in [0.5, 0.6) is 17.2 Å². The van der Waals surface area contributed by atoms with E-state index in [0.29, 0.717) is 28.5 Å². The number of methoxy groups -OCH3 is 4. The first-order valence-electron chi connectivity index (χ1n) is 8.10. The summed E-state index contributed by atoms with van der Waals surface area (Å²) in [6.45, 7) is 0. The minimum atomic E-state index is -0.401. The van der Waals surface area contributed by atoms with Crippen LogP contribution in [0.25, 0.3) is 0 Å². The van der Waals surface area contributed by atoms with Gasteiger partial charge in [-0.05, 0) is 48.6 Å². The summed E-state index contributed by atoms with van der Waals surface area (Å²) in [5, 5.41) is 7.35. The van der Waals surface area contributed by atoms with Crippen molar-refractivity contribution in [3.05, 3.63) is 47.5 Å². The number of esters is 1. The molecule has 0 aliphatic rings. The standard InChI is InChI=1S/C19H21N3O5S/c1-24-15-9-12(10-16(25-2)17(15)26-3)11-20-22-19(28)21-14-7-5-13(6-8-14)18(23)27-4/h5-11H,1-4H3,(H2,21,22,28)/b20-11+. The summed E-state index contributed by atoms with van der Waals surface area (Å²) in [5.41, 5.74) is 4.60. The Labute approximate surface area is 168 Å². The molecule has 0 radical (unpaired) electrons. The fourth-order valence-electron chi connectivity index (χ4n) is 2.31. The van der Waals surface area contributed by atoms with Crippen LogP contribution in [0.4, 0.5) is 5.69 Å². The Kier molecular flexibility index (Phi) is 7.58. The summed E-state index contributed by atoms with van der Waals surface area (Å²) in [4.78, 5) is 11.4. The van der Waals surface area contributed by atoms with E-state index >= 15 is 0 Å². The molecule has 0 saturated carbocycles. The van der Waals surface area contributed by atoms with E-state index in [9.17, 15) is 4.79 Å². The van der Waals surface area contributed by atoms with Gasteiger partial charge in [-0.25, -0.2) is 4.79 Å². The second kappa shape index (κ2) is 10.1. The van der Waals surface area contributed by atoms with Gasteiger partial charge in [-0.2, -0.15) is 5.10 Å². The Bertz CT molecular complexity index is 843. The van der Waals surface area contributed by atoms with Crippen LogP contribution in [-0.2, 0) is 4.74 Å². The number of anilines is 1. The van der Waals surface area contributed by atoms with Gasteiger partial charge in [-0.1, -0.05) is 0 Å². The maximum atomic E-state index is 11.4. The average molecular weight is 403 g/mol. The molecule has 0 saturated heterocycles. The molecule has 0 unspecified atom stereocenters. The number of benzene rings is 2. The molecule has 28 heavy (non-hydrogen) atoms. The zero-order valence-electron chi connectivity index (χ0n) is 15.9. The summed E-state index contributed by atoms with van der Waals surface area (Å²) in [6, 6.07) is 10.2. The van der Waals surface area contributed by atoms with Crippen LogP contribution in [0.1, 0.15) is 15.9 Å². The van der Waals surface area contributed by atoms with Crippen LogP contribution in [-0.4, -0.2) is 45.7 Å². The predicted octanol–water partition coefficient (Wildman–Crippen LogP) is 2.82. The number of hydrogen-bond acceptors (Lipinski definition) is 7. The molecule has 8 nitrogen and oxygen atoms in total. The van der Waals surface area contributed by atoms with Crippen molar-refractivity contribution in [1.82, 2.24) is 5.43 Å². The maximum absolute atomic E-state index is 11.4. The van der Waals surface area contributed by atoms with Crippen molar-refractivity contribution in [2.24, 2.45) is 5.10 Å². The Morgan fingerprint density at radius 2 is 1.61 bits per heavy atom. The molecule has 0 fully saturated rings. The van der Waals surface area contributed by atoms with Crippen LogP contribution < -0.4 is 25.0 Å². The zero-order chi connectivity index (χ0) is 20.5. The molecule has 0 aliphatic heterocycles. The monoisotopic (exact) mass is 403 g/mol. The molecule has 2 rings (SSSR count). The molecule has 2 N–H and O–H groups in total. The van der Waals surface area contributed by atoms with E-state index < -0.39 is 5.97 Å². The molecule has 0 spiro atoms.